The molecule has 1 aromatic carbocycles. The molecular formula is C13H10BrClFNO2S. The highest BCUT2D eigenvalue weighted by Crippen LogP contribution is 2.32. The van der Waals surface area contributed by atoms with Crippen LogP contribution >= 0.6 is 38.9 Å². The van der Waals surface area contributed by atoms with E-state index in [2.05, 4.69) is 21.2 Å². The van der Waals surface area contributed by atoms with E-state index < -0.39 is 11.8 Å². The molecule has 0 fully saturated rings. The molecule has 0 bridgehead atoms. The van der Waals surface area contributed by atoms with Crippen LogP contribution in [0.5, 0.6) is 0 Å². The number of anilines is 1. The second kappa shape index (κ2) is 6.56. The molecule has 0 amide bonds. The number of carboxylic acid groups (broad SMARTS) is 1. The van der Waals surface area contributed by atoms with Crippen molar-refractivity contribution in [3.05, 3.63) is 49.3 Å². The van der Waals surface area contributed by atoms with E-state index in [4.69, 9.17) is 16.7 Å². The zero-order valence-corrected chi connectivity index (χ0v) is 13.3. The van der Waals surface area contributed by atoms with Crippen LogP contribution in [0, 0.1) is 5.82 Å². The van der Waals surface area contributed by atoms with Gasteiger partial charge in [0.15, 0.2) is 0 Å². The predicted molar refractivity (Wildman–Crippen MR) is 82.1 cm³/mol. The maximum Gasteiger partial charge on any atom is 0.308 e. The van der Waals surface area contributed by atoms with Gasteiger partial charge in [0.25, 0.3) is 0 Å². The molecule has 0 aliphatic carbocycles. The van der Waals surface area contributed by atoms with E-state index in [0.29, 0.717) is 21.7 Å². The molecule has 20 heavy (non-hydrogen) atoms. The first kappa shape index (κ1) is 15.3. The van der Waals surface area contributed by atoms with E-state index in [-0.39, 0.29) is 6.42 Å². The molecule has 1 aromatic heterocycles. The summed E-state index contributed by atoms with van der Waals surface area (Å²) in [5.74, 6) is -1.26. The molecule has 0 aliphatic rings. The number of benzene rings is 1. The summed E-state index contributed by atoms with van der Waals surface area (Å²) in [5.41, 5.74) is 0.612. The van der Waals surface area contributed by atoms with Crippen LogP contribution in [0.1, 0.15) is 9.75 Å². The molecule has 2 rings (SSSR count). The van der Waals surface area contributed by atoms with Crippen molar-refractivity contribution in [3.8, 4) is 0 Å². The molecule has 0 atom stereocenters. The van der Waals surface area contributed by atoms with E-state index in [0.717, 1.165) is 9.75 Å². The van der Waals surface area contributed by atoms with Gasteiger partial charge in [-0.05, 0) is 40.2 Å². The average Bonchev–Trinajstić information content (AvgIpc) is 2.74. The maximum atomic E-state index is 13.1. The SMILES string of the molecule is O=C(O)Cc1ccc(CNc2c(Cl)cc(F)cc2Br)s1. The number of nitrogens with one attached hydrogen (secondary N) is 1. The van der Waals surface area contributed by atoms with E-state index in [1.54, 1.807) is 6.07 Å². The van der Waals surface area contributed by atoms with Crippen LogP contribution in [0.4, 0.5) is 10.1 Å². The van der Waals surface area contributed by atoms with E-state index in [1.807, 2.05) is 6.07 Å². The Kier molecular flexibility index (Phi) is 5.01. The first-order valence-corrected chi connectivity index (χ1v) is 7.62. The summed E-state index contributed by atoms with van der Waals surface area (Å²) >= 11 is 10.6. The molecule has 1 heterocycles. The first-order valence-electron chi connectivity index (χ1n) is 5.63. The molecule has 2 aromatic rings. The van der Waals surface area contributed by atoms with Gasteiger partial charge in [-0.1, -0.05) is 11.6 Å². The Hall–Kier alpha value is -1.11. The number of hydrogen-bond donors (Lipinski definition) is 2. The van der Waals surface area contributed by atoms with Gasteiger partial charge in [-0.3, -0.25) is 4.79 Å². The minimum absolute atomic E-state index is 0.0195. The van der Waals surface area contributed by atoms with Crippen molar-refractivity contribution in [1.82, 2.24) is 0 Å². The third kappa shape index (κ3) is 3.94. The lowest BCUT2D eigenvalue weighted by Gasteiger charge is -2.09. The Labute approximate surface area is 132 Å². The van der Waals surface area contributed by atoms with Gasteiger partial charge >= 0.3 is 5.97 Å². The monoisotopic (exact) mass is 377 g/mol. The highest BCUT2D eigenvalue weighted by molar-refractivity contribution is 9.10. The zero-order chi connectivity index (χ0) is 14.7. The van der Waals surface area contributed by atoms with Crippen molar-refractivity contribution in [1.29, 1.82) is 0 Å². The van der Waals surface area contributed by atoms with Crippen molar-refractivity contribution in [2.45, 2.75) is 13.0 Å². The molecule has 0 saturated carbocycles. The normalized spacial score (nSPS) is 10.6. The molecule has 2 N–H and O–H groups in total. The van der Waals surface area contributed by atoms with Gasteiger partial charge < -0.3 is 10.4 Å². The summed E-state index contributed by atoms with van der Waals surface area (Å²) < 4.78 is 13.6. The Morgan fingerprint density at radius 1 is 1.40 bits per heavy atom. The number of halogens is 3. The molecule has 0 saturated heterocycles. The standard InChI is InChI=1S/C13H10BrClFNO2S/c14-10-3-7(16)4-11(15)13(10)17-6-9-2-1-8(20-9)5-12(18)19/h1-4,17H,5-6H2,(H,18,19). The smallest absolute Gasteiger partial charge is 0.308 e. The molecular weight excluding hydrogens is 369 g/mol. The van der Waals surface area contributed by atoms with Crippen molar-refractivity contribution in [2.75, 3.05) is 5.32 Å². The van der Waals surface area contributed by atoms with Crippen molar-refractivity contribution in [3.63, 3.8) is 0 Å². The Morgan fingerprint density at radius 3 is 2.75 bits per heavy atom. The van der Waals surface area contributed by atoms with Crippen LogP contribution in [-0.2, 0) is 17.8 Å². The lowest BCUT2D eigenvalue weighted by atomic mass is 10.3. The number of carbonyl (C=O) groups is 1. The van der Waals surface area contributed by atoms with Crippen molar-refractivity contribution < 1.29 is 14.3 Å². The molecule has 0 spiro atoms. The van der Waals surface area contributed by atoms with Crippen LogP contribution in [0.2, 0.25) is 5.02 Å². The maximum absolute atomic E-state index is 13.1. The fourth-order valence-corrected chi connectivity index (χ4v) is 3.56. The summed E-state index contributed by atoms with van der Waals surface area (Å²) in [7, 11) is 0. The van der Waals surface area contributed by atoms with Crippen LogP contribution in [-0.4, -0.2) is 11.1 Å². The molecule has 7 heteroatoms. The van der Waals surface area contributed by atoms with Gasteiger partial charge in [0.1, 0.15) is 5.82 Å². The van der Waals surface area contributed by atoms with Gasteiger partial charge in [-0.2, -0.15) is 0 Å². The minimum Gasteiger partial charge on any atom is -0.481 e. The molecule has 0 radical (unpaired) electrons. The van der Waals surface area contributed by atoms with Gasteiger partial charge in [-0.15, -0.1) is 11.3 Å². The van der Waals surface area contributed by atoms with E-state index in [9.17, 15) is 9.18 Å². The quantitative estimate of drug-likeness (QED) is 0.803. The number of thiophene rings is 1. The highest BCUT2D eigenvalue weighted by Gasteiger charge is 2.09. The van der Waals surface area contributed by atoms with Gasteiger partial charge in [0.05, 0.1) is 17.1 Å². The van der Waals surface area contributed by atoms with Crippen molar-refractivity contribution in [2.24, 2.45) is 0 Å². The largest absolute Gasteiger partial charge is 0.481 e. The molecule has 0 unspecified atom stereocenters. The van der Waals surface area contributed by atoms with Gasteiger partial charge in [-0.25, -0.2) is 4.39 Å². The number of hydrogen-bond acceptors (Lipinski definition) is 3. The summed E-state index contributed by atoms with van der Waals surface area (Å²) in [6.45, 7) is 0.494. The lowest BCUT2D eigenvalue weighted by Crippen LogP contribution is -1.99. The summed E-state index contributed by atoms with van der Waals surface area (Å²) in [4.78, 5) is 12.4. The van der Waals surface area contributed by atoms with E-state index in [1.165, 1.54) is 23.5 Å². The summed E-state index contributed by atoms with van der Waals surface area (Å²) in [5, 5.41) is 12.1. The minimum atomic E-state index is -0.851. The summed E-state index contributed by atoms with van der Waals surface area (Å²) in [6.07, 6.45) is 0.0195. The summed E-state index contributed by atoms with van der Waals surface area (Å²) in [6, 6.07) is 6.22. The lowest BCUT2D eigenvalue weighted by molar-refractivity contribution is -0.136. The highest BCUT2D eigenvalue weighted by atomic mass is 79.9. The van der Waals surface area contributed by atoms with Gasteiger partial charge in [0.2, 0.25) is 0 Å². The Bertz CT molecular complexity index is 624. The third-order valence-electron chi connectivity index (χ3n) is 2.49. The second-order valence-corrected chi connectivity index (χ2v) is 6.55. The zero-order valence-electron chi connectivity index (χ0n) is 10.1. The second-order valence-electron chi connectivity index (χ2n) is 4.04. The van der Waals surface area contributed by atoms with Crippen LogP contribution < -0.4 is 5.32 Å². The first-order chi connectivity index (χ1) is 9.45. The average molecular weight is 379 g/mol. The van der Waals surface area contributed by atoms with Crippen LogP contribution in [0.25, 0.3) is 0 Å². The molecule has 0 aliphatic heterocycles. The number of aliphatic carboxylic acids is 1. The van der Waals surface area contributed by atoms with Crippen LogP contribution in [0.15, 0.2) is 28.7 Å². The molecule has 3 nitrogen and oxygen atoms in total. The molecule has 106 valence electrons. The predicted octanol–water partition coefficient (Wildman–Crippen LogP) is 4.54. The number of rotatable bonds is 5. The number of carboxylic acids is 1. The fraction of sp³-hybridized carbons (Fsp3) is 0.154. The topological polar surface area (TPSA) is 49.3 Å². The Balaban J connectivity index is 2.05. The fourth-order valence-electron chi connectivity index (χ4n) is 1.65. The Morgan fingerprint density at radius 2 is 2.10 bits per heavy atom. The van der Waals surface area contributed by atoms with E-state index >= 15 is 0 Å². The third-order valence-corrected chi connectivity index (χ3v) is 4.50. The van der Waals surface area contributed by atoms with Crippen molar-refractivity contribution >= 4 is 50.5 Å². The van der Waals surface area contributed by atoms with Gasteiger partial charge in [0, 0.05) is 20.8 Å². The van der Waals surface area contributed by atoms with Crippen LogP contribution in [0.3, 0.4) is 0 Å².